The van der Waals surface area contributed by atoms with Crippen LogP contribution in [0.1, 0.15) is 25.3 Å². The van der Waals surface area contributed by atoms with Gasteiger partial charge in [0.25, 0.3) is 0 Å². The highest BCUT2D eigenvalue weighted by molar-refractivity contribution is 9.10. The number of carbonyl (C=O) groups is 1. The summed E-state index contributed by atoms with van der Waals surface area (Å²) in [5, 5.41) is 13.2. The molecule has 0 spiro atoms. The summed E-state index contributed by atoms with van der Waals surface area (Å²) in [6.45, 7) is 0. The fraction of sp³-hybridized carbons (Fsp3) is 0.556. The molecule has 1 fully saturated rings. The van der Waals surface area contributed by atoms with Crippen molar-refractivity contribution in [1.82, 2.24) is 9.78 Å². The van der Waals surface area contributed by atoms with Crippen LogP contribution < -0.4 is 0 Å². The van der Waals surface area contributed by atoms with Gasteiger partial charge in [-0.3, -0.25) is 9.48 Å². The van der Waals surface area contributed by atoms with E-state index in [-0.39, 0.29) is 12.0 Å². The van der Waals surface area contributed by atoms with Crippen LogP contribution in [0.5, 0.6) is 0 Å². The Kier molecular flexibility index (Phi) is 2.58. The highest BCUT2D eigenvalue weighted by Crippen LogP contribution is 2.36. The van der Waals surface area contributed by atoms with Crippen molar-refractivity contribution in [2.24, 2.45) is 5.92 Å². The number of aliphatic carboxylic acids is 1. The highest BCUT2D eigenvalue weighted by atomic mass is 79.9. The van der Waals surface area contributed by atoms with Crippen LogP contribution in [0.25, 0.3) is 0 Å². The van der Waals surface area contributed by atoms with Crippen molar-refractivity contribution in [1.29, 1.82) is 0 Å². The zero-order chi connectivity index (χ0) is 10.1. The molecule has 2 unspecified atom stereocenters. The monoisotopic (exact) mass is 258 g/mol. The lowest BCUT2D eigenvalue weighted by molar-refractivity contribution is -0.142. The van der Waals surface area contributed by atoms with Crippen LogP contribution in [-0.2, 0) is 4.79 Å². The molecule has 76 valence electrons. The van der Waals surface area contributed by atoms with Crippen molar-refractivity contribution in [2.75, 3.05) is 0 Å². The molecule has 2 rings (SSSR count). The quantitative estimate of drug-likeness (QED) is 0.884. The summed E-state index contributed by atoms with van der Waals surface area (Å²) >= 11 is 3.36. The Labute approximate surface area is 90.0 Å². The van der Waals surface area contributed by atoms with Crippen LogP contribution in [0.4, 0.5) is 0 Å². The van der Waals surface area contributed by atoms with E-state index in [1.54, 1.807) is 10.9 Å². The van der Waals surface area contributed by atoms with Gasteiger partial charge in [-0.05, 0) is 34.8 Å². The lowest BCUT2D eigenvalue weighted by Crippen LogP contribution is -2.22. The predicted molar refractivity (Wildman–Crippen MR) is 53.9 cm³/mol. The van der Waals surface area contributed by atoms with Crippen molar-refractivity contribution < 1.29 is 9.90 Å². The molecule has 1 N–H and O–H groups in total. The third-order valence-electron chi connectivity index (χ3n) is 2.73. The molecular weight excluding hydrogens is 248 g/mol. The van der Waals surface area contributed by atoms with E-state index in [9.17, 15) is 4.79 Å². The summed E-state index contributed by atoms with van der Waals surface area (Å²) < 4.78 is 2.63. The summed E-state index contributed by atoms with van der Waals surface area (Å²) in [5.74, 6) is -0.999. The number of nitrogens with zero attached hydrogens (tertiary/aromatic N) is 2. The van der Waals surface area contributed by atoms with Gasteiger partial charge < -0.3 is 5.11 Å². The first-order chi connectivity index (χ1) is 6.70. The zero-order valence-corrected chi connectivity index (χ0v) is 9.14. The molecule has 0 radical (unpaired) electrons. The summed E-state index contributed by atoms with van der Waals surface area (Å²) in [6, 6.07) is 1.84. The minimum absolute atomic E-state index is 0.0110. The topological polar surface area (TPSA) is 55.1 Å². The Morgan fingerprint density at radius 3 is 3.00 bits per heavy atom. The van der Waals surface area contributed by atoms with E-state index in [1.807, 2.05) is 6.07 Å². The third-order valence-corrected chi connectivity index (χ3v) is 3.36. The Balaban J connectivity index is 2.26. The minimum atomic E-state index is -0.713. The second-order valence-corrected chi connectivity index (χ2v) is 4.35. The maximum atomic E-state index is 11.0. The predicted octanol–water partition coefficient (Wildman–Crippen LogP) is 2.07. The fourth-order valence-corrected chi connectivity index (χ4v) is 2.54. The van der Waals surface area contributed by atoms with Gasteiger partial charge in [0.15, 0.2) is 0 Å². The standard InChI is InChI=1S/C9H11BrN2O2/c10-8-4-5-11-12(8)7-3-1-2-6(7)9(13)14/h4-7H,1-3H2,(H,13,14). The Bertz CT molecular complexity index is 350. The van der Waals surface area contributed by atoms with Gasteiger partial charge in [0.05, 0.1) is 18.2 Å². The molecule has 0 saturated heterocycles. The SMILES string of the molecule is O=C(O)C1CCCC1n1nccc1Br. The summed E-state index contributed by atoms with van der Waals surface area (Å²) in [7, 11) is 0. The lowest BCUT2D eigenvalue weighted by Gasteiger charge is -2.17. The Morgan fingerprint density at radius 1 is 1.64 bits per heavy atom. The van der Waals surface area contributed by atoms with Gasteiger partial charge in [-0.25, -0.2) is 0 Å². The van der Waals surface area contributed by atoms with Crippen molar-refractivity contribution >= 4 is 21.9 Å². The molecule has 2 atom stereocenters. The maximum absolute atomic E-state index is 11.0. The van der Waals surface area contributed by atoms with Gasteiger partial charge in [-0.15, -0.1) is 0 Å². The zero-order valence-electron chi connectivity index (χ0n) is 7.56. The third kappa shape index (κ3) is 1.56. The van der Waals surface area contributed by atoms with Gasteiger partial charge in [0.2, 0.25) is 0 Å². The molecule has 14 heavy (non-hydrogen) atoms. The van der Waals surface area contributed by atoms with Crippen LogP contribution in [0.3, 0.4) is 0 Å². The second kappa shape index (κ2) is 3.73. The minimum Gasteiger partial charge on any atom is -0.481 e. The molecule has 1 aromatic rings. The van der Waals surface area contributed by atoms with Crippen LogP contribution in [0, 0.1) is 5.92 Å². The van der Waals surface area contributed by atoms with Gasteiger partial charge in [-0.2, -0.15) is 5.10 Å². The van der Waals surface area contributed by atoms with Gasteiger partial charge >= 0.3 is 5.97 Å². The molecule has 1 saturated carbocycles. The highest BCUT2D eigenvalue weighted by Gasteiger charge is 2.35. The van der Waals surface area contributed by atoms with Crippen molar-refractivity contribution in [2.45, 2.75) is 25.3 Å². The van der Waals surface area contributed by atoms with Gasteiger partial charge in [0.1, 0.15) is 4.60 Å². The van der Waals surface area contributed by atoms with E-state index in [0.717, 1.165) is 23.9 Å². The number of aromatic nitrogens is 2. The molecule has 4 nitrogen and oxygen atoms in total. The number of hydrogen-bond acceptors (Lipinski definition) is 2. The number of carboxylic acid groups (broad SMARTS) is 1. The van der Waals surface area contributed by atoms with Crippen LogP contribution >= 0.6 is 15.9 Å². The first-order valence-electron chi connectivity index (χ1n) is 4.62. The number of hydrogen-bond donors (Lipinski definition) is 1. The largest absolute Gasteiger partial charge is 0.481 e. The number of rotatable bonds is 2. The molecule has 1 aromatic heterocycles. The maximum Gasteiger partial charge on any atom is 0.308 e. The number of halogens is 1. The first-order valence-corrected chi connectivity index (χ1v) is 5.41. The average Bonchev–Trinajstić information content (AvgIpc) is 2.70. The van der Waals surface area contributed by atoms with Crippen molar-refractivity contribution in [3.8, 4) is 0 Å². The average molecular weight is 259 g/mol. The van der Waals surface area contributed by atoms with E-state index in [1.165, 1.54) is 0 Å². The first kappa shape index (κ1) is 9.71. The van der Waals surface area contributed by atoms with Gasteiger partial charge in [-0.1, -0.05) is 6.42 Å². The van der Waals surface area contributed by atoms with E-state index in [0.29, 0.717) is 0 Å². The molecule has 1 heterocycles. The molecule has 1 aliphatic carbocycles. The molecule has 0 aliphatic heterocycles. The normalized spacial score (nSPS) is 26.6. The van der Waals surface area contributed by atoms with Gasteiger partial charge in [0, 0.05) is 0 Å². The van der Waals surface area contributed by atoms with Crippen LogP contribution in [0.15, 0.2) is 16.9 Å². The van der Waals surface area contributed by atoms with E-state index in [4.69, 9.17) is 5.11 Å². The van der Waals surface area contributed by atoms with E-state index < -0.39 is 5.97 Å². The fourth-order valence-electron chi connectivity index (χ4n) is 2.06. The Hall–Kier alpha value is -0.840. The molecule has 5 heteroatoms. The Morgan fingerprint density at radius 2 is 2.43 bits per heavy atom. The summed E-state index contributed by atoms with van der Waals surface area (Å²) in [5.41, 5.74) is 0. The summed E-state index contributed by atoms with van der Waals surface area (Å²) in [6.07, 6.45) is 4.30. The van der Waals surface area contributed by atoms with E-state index in [2.05, 4.69) is 21.0 Å². The molecular formula is C9H11BrN2O2. The smallest absolute Gasteiger partial charge is 0.308 e. The molecule has 0 amide bonds. The van der Waals surface area contributed by atoms with Crippen molar-refractivity contribution in [3.05, 3.63) is 16.9 Å². The molecule has 1 aliphatic rings. The molecule has 0 bridgehead atoms. The van der Waals surface area contributed by atoms with Crippen molar-refractivity contribution in [3.63, 3.8) is 0 Å². The van der Waals surface area contributed by atoms with E-state index >= 15 is 0 Å². The second-order valence-electron chi connectivity index (χ2n) is 3.54. The van der Waals surface area contributed by atoms with Crippen LogP contribution in [-0.4, -0.2) is 20.9 Å². The molecule has 0 aromatic carbocycles. The lowest BCUT2D eigenvalue weighted by atomic mass is 10.0. The summed E-state index contributed by atoms with van der Waals surface area (Å²) in [4.78, 5) is 11.0. The van der Waals surface area contributed by atoms with Crippen LogP contribution in [0.2, 0.25) is 0 Å². The number of carboxylic acids is 1.